The summed E-state index contributed by atoms with van der Waals surface area (Å²) in [6.45, 7) is 0. The van der Waals surface area contributed by atoms with Crippen molar-refractivity contribution in [1.29, 1.82) is 5.26 Å². The Morgan fingerprint density at radius 1 is 0.902 bits per heavy atom. The number of azo groups is 1. The quantitative estimate of drug-likeness (QED) is 0.235. The van der Waals surface area contributed by atoms with Crippen molar-refractivity contribution in [2.24, 2.45) is 16.0 Å². The van der Waals surface area contributed by atoms with E-state index in [-0.39, 0.29) is 27.6 Å². The van der Waals surface area contributed by atoms with Crippen LogP contribution in [0.1, 0.15) is 11.5 Å². The number of esters is 2. The van der Waals surface area contributed by atoms with Crippen molar-refractivity contribution in [3.63, 3.8) is 0 Å². The normalized spacial score (nSPS) is 15.6. The molecule has 0 aliphatic carbocycles. The van der Waals surface area contributed by atoms with E-state index in [1.807, 2.05) is 0 Å². The van der Waals surface area contributed by atoms with E-state index in [1.165, 1.54) is 36.3 Å². The first-order valence-electron chi connectivity index (χ1n) is 11.9. The van der Waals surface area contributed by atoms with Gasteiger partial charge in [0.2, 0.25) is 0 Å². The third-order valence-corrected chi connectivity index (χ3v) is 7.00. The predicted octanol–water partition coefficient (Wildman–Crippen LogP) is 4.25. The maximum atomic E-state index is 13.1. The molecular weight excluding hydrogens is 550 g/mol. The van der Waals surface area contributed by atoms with Gasteiger partial charge in [0, 0.05) is 5.69 Å². The predicted molar refractivity (Wildman–Crippen MR) is 146 cm³/mol. The van der Waals surface area contributed by atoms with Crippen LogP contribution in [0.15, 0.2) is 117 Å². The third-order valence-electron chi connectivity index (χ3n) is 6.13. The average molecular weight is 574 g/mol. The lowest BCUT2D eigenvalue weighted by Crippen LogP contribution is -2.40. The van der Waals surface area contributed by atoms with E-state index < -0.39 is 28.0 Å². The van der Waals surface area contributed by atoms with Gasteiger partial charge in [-0.2, -0.15) is 23.9 Å². The van der Waals surface area contributed by atoms with E-state index in [1.54, 1.807) is 54.6 Å². The number of anilines is 1. The number of nitrogens with two attached hydrogens (primary N) is 1. The molecule has 0 amide bonds. The Bertz CT molecular complexity index is 1720. The number of allylic oxidation sites excluding steroid dienone is 1. The van der Waals surface area contributed by atoms with Crippen molar-refractivity contribution in [2.75, 3.05) is 19.1 Å². The summed E-state index contributed by atoms with van der Waals surface area (Å²) >= 11 is 0. The summed E-state index contributed by atoms with van der Waals surface area (Å²) in [6.07, 6.45) is 0. The van der Waals surface area contributed by atoms with E-state index in [0.717, 1.165) is 7.11 Å². The minimum absolute atomic E-state index is 0.0290. The van der Waals surface area contributed by atoms with Gasteiger partial charge >= 0.3 is 11.9 Å². The van der Waals surface area contributed by atoms with E-state index in [2.05, 4.69) is 16.3 Å². The van der Waals surface area contributed by atoms with Crippen LogP contribution in [0.5, 0.6) is 0 Å². The highest BCUT2D eigenvalue weighted by molar-refractivity contribution is 7.85. The van der Waals surface area contributed by atoms with Gasteiger partial charge in [-0.25, -0.2) is 9.59 Å². The van der Waals surface area contributed by atoms with Gasteiger partial charge in [-0.1, -0.05) is 30.3 Å². The van der Waals surface area contributed by atoms with Crippen LogP contribution in [0.2, 0.25) is 0 Å². The SMILES string of the molecule is COC(=O)C1=C(C(=O)OC)N(c2ccc(N=Nc3ccc(S(=O)(=O)O)cc3)cc2)C(N)=C(C#N)C1c1ccccc1. The minimum Gasteiger partial charge on any atom is -0.466 e. The summed E-state index contributed by atoms with van der Waals surface area (Å²) in [5.41, 5.74) is 7.76. The maximum Gasteiger partial charge on any atom is 0.355 e. The highest BCUT2D eigenvalue weighted by Gasteiger charge is 2.42. The van der Waals surface area contributed by atoms with Gasteiger partial charge in [-0.3, -0.25) is 9.45 Å². The van der Waals surface area contributed by atoms with Crippen LogP contribution >= 0.6 is 0 Å². The van der Waals surface area contributed by atoms with E-state index in [9.17, 15) is 23.3 Å². The van der Waals surface area contributed by atoms with Crippen molar-refractivity contribution in [2.45, 2.75) is 10.8 Å². The number of nitriles is 1. The molecule has 208 valence electrons. The van der Waals surface area contributed by atoms with Gasteiger partial charge in [-0.15, -0.1) is 0 Å². The Morgan fingerprint density at radius 2 is 1.44 bits per heavy atom. The molecule has 3 aromatic carbocycles. The number of nitrogens with zero attached hydrogens (tertiary/aromatic N) is 4. The molecule has 1 aliphatic heterocycles. The second-order valence-corrected chi connectivity index (χ2v) is 9.94. The Kier molecular flexibility index (Phi) is 8.27. The summed E-state index contributed by atoms with van der Waals surface area (Å²) in [4.78, 5) is 27.2. The number of rotatable bonds is 7. The molecular formula is C28H23N5O7S. The lowest BCUT2D eigenvalue weighted by molar-refractivity contribution is -0.139. The highest BCUT2D eigenvalue weighted by Crippen LogP contribution is 2.43. The molecule has 0 fully saturated rings. The molecule has 41 heavy (non-hydrogen) atoms. The van der Waals surface area contributed by atoms with Gasteiger partial charge < -0.3 is 15.2 Å². The van der Waals surface area contributed by atoms with E-state index in [0.29, 0.717) is 22.6 Å². The van der Waals surface area contributed by atoms with Crippen LogP contribution in [-0.4, -0.2) is 39.1 Å². The largest absolute Gasteiger partial charge is 0.466 e. The lowest BCUT2D eigenvalue weighted by atomic mass is 9.81. The Morgan fingerprint density at radius 3 is 1.93 bits per heavy atom. The van der Waals surface area contributed by atoms with Crippen LogP contribution < -0.4 is 10.6 Å². The highest BCUT2D eigenvalue weighted by atomic mass is 32.2. The Balaban J connectivity index is 1.78. The lowest BCUT2D eigenvalue weighted by Gasteiger charge is -2.35. The zero-order chi connectivity index (χ0) is 29.7. The number of hydrogen-bond donors (Lipinski definition) is 2. The summed E-state index contributed by atoms with van der Waals surface area (Å²) in [5.74, 6) is -2.78. The van der Waals surface area contributed by atoms with Gasteiger partial charge in [0.05, 0.1) is 53.6 Å². The molecule has 0 spiro atoms. The van der Waals surface area contributed by atoms with Gasteiger partial charge in [0.15, 0.2) is 0 Å². The van der Waals surface area contributed by atoms with E-state index in [4.69, 9.17) is 19.8 Å². The molecule has 13 heteroatoms. The molecule has 12 nitrogen and oxygen atoms in total. The van der Waals surface area contributed by atoms with Crippen molar-refractivity contribution in [3.05, 3.63) is 107 Å². The minimum atomic E-state index is -4.33. The van der Waals surface area contributed by atoms with Crippen LogP contribution in [0, 0.1) is 11.3 Å². The van der Waals surface area contributed by atoms with Gasteiger partial charge in [0.1, 0.15) is 11.5 Å². The fourth-order valence-electron chi connectivity index (χ4n) is 4.25. The molecule has 0 aromatic heterocycles. The number of methoxy groups -OCH3 is 2. The standard InChI is InChI=1S/C28H23N5O7S/c1-39-27(34)24-23(17-6-4-3-5-7-17)22(16-29)26(30)33(25(24)28(35)40-2)20-12-8-18(9-13-20)31-32-19-10-14-21(15-11-19)41(36,37)38/h3-15,23H,30H2,1-2H3,(H,36,37,38). The van der Waals surface area contributed by atoms with Crippen LogP contribution in [0.4, 0.5) is 17.1 Å². The molecule has 0 saturated heterocycles. The van der Waals surface area contributed by atoms with Crippen LogP contribution in [0.3, 0.4) is 0 Å². The number of benzene rings is 3. The molecule has 3 N–H and O–H groups in total. The van der Waals surface area contributed by atoms with Gasteiger partial charge in [-0.05, 0) is 54.1 Å². The Labute approximate surface area is 235 Å². The van der Waals surface area contributed by atoms with Crippen molar-refractivity contribution >= 4 is 39.1 Å². The third kappa shape index (κ3) is 5.83. The number of hydrogen-bond acceptors (Lipinski definition) is 11. The molecule has 1 atom stereocenters. The first-order valence-corrected chi connectivity index (χ1v) is 13.3. The topological polar surface area (TPSA) is 185 Å². The van der Waals surface area contributed by atoms with Crippen LogP contribution in [0.25, 0.3) is 0 Å². The number of ether oxygens (including phenoxy) is 2. The first kappa shape index (κ1) is 28.7. The molecule has 1 heterocycles. The summed E-state index contributed by atoms with van der Waals surface area (Å²) in [5, 5.41) is 18.3. The monoisotopic (exact) mass is 573 g/mol. The zero-order valence-electron chi connectivity index (χ0n) is 21.8. The Hall–Kier alpha value is -5.32. The number of carbonyl (C=O) groups excluding carboxylic acids is 2. The second kappa shape index (κ2) is 11.8. The molecule has 1 aliphatic rings. The van der Waals surface area contributed by atoms with Gasteiger partial charge in [0.25, 0.3) is 10.1 Å². The molecule has 4 rings (SSSR count). The first-order chi connectivity index (χ1) is 19.6. The number of carbonyl (C=O) groups is 2. The molecule has 0 radical (unpaired) electrons. The molecule has 1 unspecified atom stereocenters. The zero-order valence-corrected chi connectivity index (χ0v) is 22.6. The summed E-state index contributed by atoms with van der Waals surface area (Å²) in [7, 11) is -2.01. The molecule has 0 saturated carbocycles. The van der Waals surface area contributed by atoms with Crippen molar-refractivity contribution < 1.29 is 32.0 Å². The maximum absolute atomic E-state index is 13.1. The van der Waals surface area contributed by atoms with E-state index >= 15 is 0 Å². The average Bonchev–Trinajstić information content (AvgIpc) is 2.99. The fraction of sp³-hybridized carbons (Fsp3) is 0.107. The molecule has 0 bridgehead atoms. The second-order valence-electron chi connectivity index (χ2n) is 8.52. The van der Waals surface area contributed by atoms with Crippen molar-refractivity contribution in [3.8, 4) is 6.07 Å². The van der Waals surface area contributed by atoms with Crippen LogP contribution in [-0.2, 0) is 29.2 Å². The molecule has 3 aromatic rings. The summed E-state index contributed by atoms with van der Waals surface area (Å²) in [6, 6.07) is 22.1. The van der Waals surface area contributed by atoms with Crippen molar-refractivity contribution in [1.82, 2.24) is 0 Å². The smallest absolute Gasteiger partial charge is 0.355 e. The fourth-order valence-corrected chi connectivity index (χ4v) is 4.73. The summed E-state index contributed by atoms with van der Waals surface area (Å²) < 4.78 is 41.5.